The number of nitrogens with one attached hydrogen (secondary N) is 2. The zero-order valence-corrected chi connectivity index (χ0v) is 16.3. The van der Waals surface area contributed by atoms with Gasteiger partial charge in [-0.15, -0.1) is 0 Å². The molecule has 3 rings (SSSR count). The van der Waals surface area contributed by atoms with Crippen molar-refractivity contribution in [3.05, 3.63) is 94.5 Å². The van der Waals surface area contributed by atoms with Gasteiger partial charge in [0, 0.05) is 21.8 Å². The first-order chi connectivity index (χ1) is 14.0. The monoisotopic (exact) mass is 407 g/mol. The number of hydrogen-bond donors (Lipinski definition) is 2. The van der Waals surface area contributed by atoms with Crippen LogP contribution in [0.1, 0.15) is 26.3 Å². The fourth-order valence-corrected chi connectivity index (χ4v) is 2.56. The Bertz CT molecular complexity index is 1010. The molecule has 0 aliphatic heterocycles. The summed E-state index contributed by atoms with van der Waals surface area (Å²) in [7, 11) is 1.59. The predicted molar refractivity (Wildman–Crippen MR) is 114 cm³/mol. The minimum absolute atomic E-state index is 0.261. The molecule has 0 aromatic heterocycles. The fourth-order valence-electron chi connectivity index (χ4n) is 2.43. The average Bonchev–Trinajstić information content (AvgIpc) is 2.75. The third-order valence-electron chi connectivity index (χ3n) is 4.01. The summed E-state index contributed by atoms with van der Waals surface area (Å²) >= 11 is 5.82. The minimum Gasteiger partial charge on any atom is -0.497 e. The lowest BCUT2D eigenvalue weighted by atomic mass is 10.1. The van der Waals surface area contributed by atoms with Crippen molar-refractivity contribution < 1.29 is 14.3 Å². The summed E-state index contributed by atoms with van der Waals surface area (Å²) in [4.78, 5) is 24.4. The van der Waals surface area contributed by atoms with Crippen molar-refractivity contribution >= 4 is 35.3 Å². The molecule has 0 saturated carbocycles. The standard InChI is InChI=1S/C22H18ClN3O3/c1-29-20-12-2-15(3-13-20)14-24-26-22(28)17-6-10-19(11-7-17)25-21(27)16-4-8-18(23)9-5-16/h2-14H,1H3,(H,25,27)(H,26,28)/b24-14-. The largest absolute Gasteiger partial charge is 0.497 e. The molecule has 0 atom stereocenters. The van der Waals surface area contributed by atoms with Gasteiger partial charge in [0.1, 0.15) is 5.75 Å². The molecule has 2 N–H and O–H groups in total. The van der Waals surface area contributed by atoms with Crippen LogP contribution < -0.4 is 15.5 Å². The van der Waals surface area contributed by atoms with Crippen LogP contribution >= 0.6 is 11.6 Å². The number of methoxy groups -OCH3 is 1. The molecule has 146 valence electrons. The Kier molecular flexibility index (Phi) is 6.60. The molecule has 0 unspecified atom stereocenters. The second-order valence-corrected chi connectivity index (χ2v) is 6.45. The third-order valence-corrected chi connectivity index (χ3v) is 4.26. The zero-order valence-electron chi connectivity index (χ0n) is 15.6. The summed E-state index contributed by atoms with van der Waals surface area (Å²) in [6.45, 7) is 0. The van der Waals surface area contributed by atoms with E-state index in [0.717, 1.165) is 11.3 Å². The maximum absolute atomic E-state index is 12.2. The average molecular weight is 408 g/mol. The molecule has 0 radical (unpaired) electrons. The van der Waals surface area contributed by atoms with Crippen molar-refractivity contribution in [3.63, 3.8) is 0 Å². The molecular weight excluding hydrogens is 390 g/mol. The van der Waals surface area contributed by atoms with Crippen LogP contribution in [0.5, 0.6) is 5.75 Å². The van der Waals surface area contributed by atoms with E-state index in [4.69, 9.17) is 16.3 Å². The summed E-state index contributed by atoms with van der Waals surface area (Å²) < 4.78 is 5.09. The number of carbonyl (C=O) groups excluding carboxylic acids is 2. The quantitative estimate of drug-likeness (QED) is 0.470. The summed E-state index contributed by atoms with van der Waals surface area (Å²) in [5.41, 5.74) is 4.77. The Morgan fingerprint density at radius 2 is 1.45 bits per heavy atom. The Labute approximate surface area is 173 Å². The van der Waals surface area contributed by atoms with Gasteiger partial charge in [-0.05, 0) is 78.4 Å². The van der Waals surface area contributed by atoms with E-state index in [1.807, 2.05) is 12.1 Å². The molecule has 29 heavy (non-hydrogen) atoms. The molecule has 0 spiro atoms. The highest BCUT2D eigenvalue weighted by Gasteiger charge is 2.08. The summed E-state index contributed by atoms with van der Waals surface area (Å²) in [5, 5.41) is 7.27. The number of hydrazone groups is 1. The molecule has 0 bridgehead atoms. The van der Waals surface area contributed by atoms with E-state index in [2.05, 4.69) is 15.8 Å². The summed E-state index contributed by atoms with van der Waals surface area (Å²) in [5.74, 6) is 0.128. The van der Waals surface area contributed by atoms with E-state index in [9.17, 15) is 9.59 Å². The van der Waals surface area contributed by atoms with Gasteiger partial charge in [0.05, 0.1) is 13.3 Å². The first kappa shape index (κ1) is 20.1. The fraction of sp³-hybridized carbons (Fsp3) is 0.0455. The number of ether oxygens (including phenoxy) is 1. The van der Waals surface area contributed by atoms with Crippen LogP contribution in [0.4, 0.5) is 5.69 Å². The lowest BCUT2D eigenvalue weighted by Gasteiger charge is -2.06. The highest BCUT2D eigenvalue weighted by molar-refractivity contribution is 6.30. The van der Waals surface area contributed by atoms with Gasteiger partial charge in [0.25, 0.3) is 11.8 Å². The van der Waals surface area contributed by atoms with Crippen LogP contribution in [0.2, 0.25) is 5.02 Å². The van der Waals surface area contributed by atoms with E-state index in [-0.39, 0.29) is 11.8 Å². The number of benzene rings is 3. The van der Waals surface area contributed by atoms with Crippen LogP contribution in [0.25, 0.3) is 0 Å². The molecule has 3 aromatic carbocycles. The molecule has 0 aliphatic carbocycles. The topological polar surface area (TPSA) is 79.8 Å². The molecule has 6 nitrogen and oxygen atoms in total. The Morgan fingerprint density at radius 1 is 0.862 bits per heavy atom. The molecule has 3 aromatic rings. The van der Waals surface area contributed by atoms with Crippen molar-refractivity contribution in [3.8, 4) is 5.75 Å². The van der Waals surface area contributed by atoms with Crippen LogP contribution in [0.15, 0.2) is 77.9 Å². The van der Waals surface area contributed by atoms with Gasteiger partial charge in [-0.1, -0.05) is 11.6 Å². The van der Waals surface area contributed by atoms with Gasteiger partial charge < -0.3 is 10.1 Å². The number of nitrogens with zero attached hydrogens (tertiary/aromatic N) is 1. The van der Waals surface area contributed by atoms with E-state index in [1.54, 1.807) is 67.8 Å². The lowest BCUT2D eigenvalue weighted by Crippen LogP contribution is -2.17. The highest BCUT2D eigenvalue weighted by Crippen LogP contribution is 2.14. The van der Waals surface area contributed by atoms with Gasteiger partial charge in [0.2, 0.25) is 0 Å². The predicted octanol–water partition coefficient (Wildman–Crippen LogP) is 4.36. The first-order valence-corrected chi connectivity index (χ1v) is 9.07. The second-order valence-electron chi connectivity index (χ2n) is 6.01. The van der Waals surface area contributed by atoms with Gasteiger partial charge in [0.15, 0.2) is 0 Å². The maximum atomic E-state index is 12.2. The van der Waals surface area contributed by atoms with Crippen molar-refractivity contribution in [1.82, 2.24) is 5.43 Å². The molecule has 2 amide bonds. The Balaban J connectivity index is 1.55. The van der Waals surface area contributed by atoms with Crippen molar-refractivity contribution in [1.29, 1.82) is 0 Å². The number of rotatable bonds is 6. The first-order valence-electron chi connectivity index (χ1n) is 8.69. The SMILES string of the molecule is COc1ccc(/C=N\NC(=O)c2ccc(NC(=O)c3ccc(Cl)cc3)cc2)cc1. The van der Waals surface area contributed by atoms with Crippen LogP contribution in [-0.2, 0) is 0 Å². The number of halogens is 1. The van der Waals surface area contributed by atoms with Gasteiger partial charge in [-0.25, -0.2) is 5.43 Å². The van der Waals surface area contributed by atoms with E-state index in [1.165, 1.54) is 6.21 Å². The number of carbonyl (C=O) groups is 2. The summed E-state index contributed by atoms with van der Waals surface area (Å²) in [6, 6.07) is 20.4. The van der Waals surface area contributed by atoms with E-state index < -0.39 is 0 Å². The molecule has 7 heteroatoms. The normalized spacial score (nSPS) is 10.6. The lowest BCUT2D eigenvalue weighted by molar-refractivity contribution is 0.0954. The van der Waals surface area contributed by atoms with Crippen LogP contribution in [-0.4, -0.2) is 25.1 Å². The number of anilines is 1. The van der Waals surface area contributed by atoms with Crippen molar-refractivity contribution in [2.75, 3.05) is 12.4 Å². The van der Waals surface area contributed by atoms with Crippen LogP contribution in [0.3, 0.4) is 0 Å². The highest BCUT2D eigenvalue weighted by atomic mass is 35.5. The Hall–Kier alpha value is -3.64. The van der Waals surface area contributed by atoms with E-state index in [0.29, 0.717) is 21.8 Å². The zero-order chi connectivity index (χ0) is 20.6. The molecule has 0 fully saturated rings. The number of amides is 2. The molecular formula is C22H18ClN3O3. The van der Waals surface area contributed by atoms with Crippen molar-refractivity contribution in [2.45, 2.75) is 0 Å². The van der Waals surface area contributed by atoms with Gasteiger partial charge in [-0.2, -0.15) is 5.10 Å². The third kappa shape index (κ3) is 5.67. The maximum Gasteiger partial charge on any atom is 0.271 e. The summed E-state index contributed by atoms with van der Waals surface area (Å²) in [6.07, 6.45) is 1.54. The van der Waals surface area contributed by atoms with Crippen molar-refractivity contribution in [2.24, 2.45) is 5.10 Å². The van der Waals surface area contributed by atoms with Gasteiger partial charge in [-0.3, -0.25) is 9.59 Å². The number of hydrogen-bond acceptors (Lipinski definition) is 4. The molecule has 0 saturated heterocycles. The molecule has 0 heterocycles. The van der Waals surface area contributed by atoms with E-state index >= 15 is 0 Å². The Morgan fingerprint density at radius 3 is 2.07 bits per heavy atom. The second kappa shape index (κ2) is 9.52. The van der Waals surface area contributed by atoms with Crippen LogP contribution in [0, 0.1) is 0 Å². The van der Waals surface area contributed by atoms with Gasteiger partial charge >= 0.3 is 0 Å². The smallest absolute Gasteiger partial charge is 0.271 e. The molecule has 0 aliphatic rings. The minimum atomic E-state index is -0.356.